The second-order valence-electron chi connectivity index (χ2n) is 9.31. The molecule has 4 aromatic rings. The van der Waals surface area contributed by atoms with E-state index in [9.17, 15) is 9.59 Å². The number of piperidine rings is 1. The fourth-order valence-electron chi connectivity index (χ4n) is 4.35. The van der Waals surface area contributed by atoms with Crippen LogP contribution in [0.5, 0.6) is 5.75 Å². The number of carbonyl (C=O) groups is 2. The Labute approximate surface area is 217 Å². The first-order valence-electron chi connectivity index (χ1n) is 11.7. The lowest BCUT2D eigenvalue weighted by Crippen LogP contribution is -2.51. The number of benzene rings is 2. The molecule has 1 fully saturated rings. The van der Waals surface area contributed by atoms with Crippen LogP contribution in [0.2, 0.25) is 5.02 Å². The number of carbonyl (C=O) groups excluding carboxylic acids is 2. The Hall–Kier alpha value is -3.43. The largest absolute Gasteiger partial charge is 0.476 e. The van der Waals surface area contributed by atoms with Gasteiger partial charge < -0.3 is 15.0 Å². The number of hydrogen-bond acceptors (Lipinski definition) is 6. The molecule has 10 heteroatoms. The SMILES string of the molecule is CC(C)(Oc1ccccc1Cl)C(=O)N1CCC(c2nc(C(=O)Nc3ccc4cn[nH]c4c3)cs2)CC1. The molecule has 8 nitrogen and oxygen atoms in total. The van der Waals surface area contributed by atoms with Gasteiger partial charge in [0.1, 0.15) is 11.4 Å². The lowest BCUT2D eigenvalue weighted by molar-refractivity contribution is -0.146. The molecule has 1 aliphatic heterocycles. The van der Waals surface area contributed by atoms with Crippen LogP contribution in [0.25, 0.3) is 10.9 Å². The zero-order valence-electron chi connectivity index (χ0n) is 20.0. The van der Waals surface area contributed by atoms with Gasteiger partial charge in [0.25, 0.3) is 11.8 Å². The van der Waals surface area contributed by atoms with E-state index < -0.39 is 5.60 Å². The molecular formula is C26H26ClN5O3S. The summed E-state index contributed by atoms with van der Waals surface area (Å²) < 4.78 is 5.97. The number of para-hydroxylation sites is 1. The first-order chi connectivity index (χ1) is 17.3. The van der Waals surface area contributed by atoms with Gasteiger partial charge in [-0.05, 0) is 57.0 Å². The van der Waals surface area contributed by atoms with Gasteiger partial charge in [-0.25, -0.2) is 4.98 Å². The van der Waals surface area contributed by atoms with E-state index in [1.54, 1.807) is 37.6 Å². The van der Waals surface area contributed by atoms with Gasteiger partial charge in [-0.1, -0.05) is 23.7 Å². The summed E-state index contributed by atoms with van der Waals surface area (Å²) in [5.41, 5.74) is 0.893. The maximum Gasteiger partial charge on any atom is 0.275 e. The molecule has 1 aliphatic rings. The first-order valence-corrected chi connectivity index (χ1v) is 13.0. The van der Waals surface area contributed by atoms with Crippen molar-refractivity contribution in [1.29, 1.82) is 0 Å². The van der Waals surface area contributed by atoms with E-state index in [0.717, 1.165) is 28.8 Å². The molecular weight excluding hydrogens is 498 g/mol. The van der Waals surface area contributed by atoms with Crippen LogP contribution in [0.1, 0.15) is 48.1 Å². The van der Waals surface area contributed by atoms with Crippen LogP contribution < -0.4 is 10.1 Å². The van der Waals surface area contributed by atoms with Crippen molar-refractivity contribution in [3.63, 3.8) is 0 Å². The van der Waals surface area contributed by atoms with Crippen LogP contribution in [-0.4, -0.2) is 50.6 Å². The number of aromatic nitrogens is 3. The molecule has 0 saturated carbocycles. The van der Waals surface area contributed by atoms with Gasteiger partial charge in [-0.2, -0.15) is 5.10 Å². The zero-order valence-corrected chi connectivity index (χ0v) is 21.5. The molecule has 2 aromatic carbocycles. The minimum atomic E-state index is -1.04. The van der Waals surface area contributed by atoms with E-state index in [0.29, 0.717) is 35.2 Å². The van der Waals surface area contributed by atoms with Crippen molar-refractivity contribution >= 4 is 51.3 Å². The molecule has 5 rings (SSSR count). The monoisotopic (exact) mass is 523 g/mol. The van der Waals surface area contributed by atoms with E-state index in [1.807, 2.05) is 35.2 Å². The molecule has 0 unspecified atom stereocenters. The average molecular weight is 524 g/mol. The molecule has 0 atom stereocenters. The Balaban J connectivity index is 1.18. The lowest BCUT2D eigenvalue weighted by Gasteiger charge is -2.36. The first kappa shape index (κ1) is 24.3. The van der Waals surface area contributed by atoms with Gasteiger partial charge in [-0.3, -0.25) is 14.7 Å². The van der Waals surface area contributed by atoms with E-state index in [-0.39, 0.29) is 17.7 Å². The number of rotatable bonds is 6. The van der Waals surface area contributed by atoms with Crippen LogP contribution in [0.15, 0.2) is 54.0 Å². The van der Waals surface area contributed by atoms with Gasteiger partial charge >= 0.3 is 0 Å². The Morgan fingerprint density at radius 3 is 2.75 bits per heavy atom. The van der Waals surface area contributed by atoms with Crippen LogP contribution in [0.3, 0.4) is 0 Å². The highest BCUT2D eigenvalue weighted by atomic mass is 35.5. The van der Waals surface area contributed by atoms with Crippen molar-refractivity contribution in [2.24, 2.45) is 0 Å². The summed E-state index contributed by atoms with van der Waals surface area (Å²) in [5.74, 6) is 0.372. The third-order valence-corrected chi connectivity index (χ3v) is 7.62. The molecule has 3 heterocycles. The fourth-order valence-corrected chi connectivity index (χ4v) is 5.49. The van der Waals surface area contributed by atoms with Crippen molar-refractivity contribution in [2.75, 3.05) is 18.4 Å². The van der Waals surface area contributed by atoms with E-state index in [4.69, 9.17) is 16.3 Å². The number of nitrogens with one attached hydrogen (secondary N) is 2. The van der Waals surface area contributed by atoms with Crippen molar-refractivity contribution in [2.45, 2.75) is 38.2 Å². The number of aromatic amines is 1. The summed E-state index contributed by atoms with van der Waals surface area (Å²) in [6.45, 7) is 4.73. The maximum absolute atomic E-state index is 13.2. The van der Waals surface area contributed by atoms with Gasteiger partial charge in [0.2, 0.25) is 0 Å². The molecule has 0 aliphatic carbocycles. The Morgan fingerprint density at radius 1 is 1.19 bits per heavy atom. The van der Waals surface area contributed by atoms with Crippen molar-refractivity contribution in [3.8, 4) is 5.75 Å². The molecule has 2 amide bonds. The number of likely N-dealkylation sites (tertiary alicyclic amines) is 1. The number of nitrogens with zero attached hydrogens (tertiary/aromatic N) is 3. The quantitative estimate of drug-likeness (QED) is 0.348. The molecule has 2 aromatic heterocycles. The Kier molecular flexibility index (Phi) is 6.68. The topological polar surface area (TPSA) is 100 Å². The van der Waals surface area contributed by atoms with Crippen LogP contribution in [0, 0.1) is 0 Å². The maximum atomic E-state index is 13.2. The number of amides is 2. The number of fused-ring (bicyclic) bond motifs is 1. The summed E-state index contributed by atoms with van der Waals surface area (Å²) in [7, 11) is 0. The highest BCUT2D eigenvalue weighted by Crippen LogP contribution is 2.33. The van der Waals surface area contributed by atoms with E-state index in [2.05, 4.69) is 20.5 Å². The highest BCUT2D eigenvalue weighted by molar-refractivity contribution is 7.10. The molecule has 1 saturated heterocycles. The standard InChI is InChI=1S/C26H26ClN5O3S/c1-26(2,35-22-6-4-3-5-19(22)27)25(34)32-11-9-16(10-12-32)24-30-21(15-36-24)23(33)29-18-8-7-17-14-28-31-20(17)13-18/h3-8,13-16H,9-12H2,1-2H3,(H,28,31)(H,29,33). The molecule has 2 N–H and O–H groups in total. The summed E-state index contributed by atoms with van der Waals surface area (Å²) in [6.07, 6.45) is 3.29. The number of anilines is 1. The lowest BCUT2D eigenvalue weighted by atomic mass is 9.96. The Bertz CT molecular complexity index is 1410. The molecule has 0 radical (unpaired) electrons. The number of H-pyrrole nitrogens is 1. The van der Waals surface area contributed by atoms with Crippen molar-refractivity contribution in [1.82, 2.24) is 20.1 Å². The van der Waals surface area contributed by atoms with Crippen LogP contribution in [-0.2, 0) is 4.79 Å². The summed E-state index contributed by atoms with van der Waals surface area (Å²) in [6, 6.07) is 12.7. The van der Waals surface area contributed by atoms with Gasteiger partial charge in [-0.15, -0.1) is 11.3 Å². The summed E-state index contributed by atoms with van der Waals surface area (Å²) in [4.78, 5) is 32.4. The third kappa shape index (κ3) is 5.08. The smallest absolute Gasteiger partial charge is 0.275 e. The number of hydrogen-bond donors (Lipinski definition) is 2. The summed E-state index contributed by atoms with van der Waals surface area (Å²) >= 11 is 7.69. The highest BCUT2D eigenvalue weighted by Gasteiger charge is 2.37. The van der Waals surface area contributed by atoms with Gasteiger partial charge in [0.05, 0.1) is 21.7 Å². The number of halogens is 1. The predicted molar refractivity (Wildman–Crippen MR) is 141 cm³/mol. The predicted octanol–water partition coefficient (Wildman–Crippen LogP) is 5.49. The zero-order chi connectivity index (χ0) is 25.3. The fraction of sp³-hybridized carbons (Fsp3) is 0.308. The molecule has 36 heavy (non-hydrogen) atoms. The minimum absolute atomic E-state index is 0.0747. The van der Waals surface area contributed by atoms with E-state index >= 15 is 0 Å². The summed E-state index contributed by atoms with van der Waals surface area (Å²) in [5, 5.41) is 14.0. The molecule has 186 valence electrons. The second-order valence-corrected chi connectivity index (χ2v) is 10.6. The number of ether oxygens (including phenoxy) is 1. The van der Waals surface area contributed by atoms with E-state index in [1.165, 1.54) is 11.3 Å². The van der Waals surface area contributed by atoms with Crippen LogP contribution in [0.4, 0.5) is 5.69 Å². The van der Waals surface area contributed by atoms with Crippen LogP contribution >= 0.6 is 22.9 Å². The molecule has 0 bridgehead atoms. The number of thiazole rings is 1. The van der Waals surface area contributed by atoms with Crippen molar-refractivity contribution in [3.05, 3.63) is 69.8 Å². The minimum Gasteiger partial charge on any atom is -0.476 e. The second kappa shape index (κ2) is 9.91. The van der Waals surface area contributed by atoms with Gasteiger partial charge in [0, 0.05) is 35.5 Å². The Morgan fingerprint density at radius 2 is 1.97 bits per heavy atom. The normalized spacial score (nSPS) is 14.7. The molecule has 0 spiro atoms. The average Bonchev–Trinajstić information content (AvgIpc) is 3.55. The van der Waals surface area contributed by atoms with Gasteiger partial charge in [0.15, 0.2) is 5.60 Å². The van der Waals surface area contributed by atoms with Crippen molar-refractivity contribution < 1.29 is 14.3 Å². The third-order valence-electron chi connectivity index (χ3n) is 6.30.